The summed E-state index contributed by atoms with van der Waals surface area (Å²) in [6.07, 6.45) is 5.71. The number of likely N-dealkylation sites (tertiary alicyclic amines) is 1. The summed E-state index contributed by atoms with van der Waals surface area (Å²) in [4.78, 5) is 11.8. The number of anilines is 1. The Labute approximate surface area is 164 Å². The van der Waals surface area contributed by atoms with E-state index < -0.39 is 0 Å². The van der Waals surface area contributed by atoms with Gasteiger partial charge in [-0.2, -0.15) is 0 Å². The van der Waals surface area contributed by atoms with E-state index >= 15 is 0 Å². The van der Waals surface area contributed by atoms with Gasteiger partial charge in [0, 0.05) is 52.0 Å². The van der Waals surface area contributed by atoms with Gasteiger partial charge in [0.25, 0.3) is 0 Å². The van der Waals surface area contributed by atoms with E-state index in [0.29, 0.717) is 0 Å². The number of nitrogens with zero attached hydrogens (tertiary/aromatic N) is 4. The minimum absolute atomic E-state index is 0.747. The first-order chi connectivity index (χ1) is 13.2. The molecule has 5 heteroatoms. The van der Waals surface area contributed by atoms with E-state index in [0.717, 1.165) is 57.7 Å². The molecule has 0 spiro atoms. The summed E-state index contributed by atoms with van der Waals surface area (Å²) < 4.78 is 0. The topological polar surface area (TPSA) is 34.1 Å². The molecule has 3 rings (SSSR count). The first-order valence-corrected chi connectivity index (χ1v) is 10.4. The molecule has 5 nitrogen and oxygen atoms in total. The van der Waals surface area contributed by atoms with Crippen molar-refractivity contribution in [3.8, 4) is 0 Å². The van der Waals surface area contributed by atoms with Crippen molar-refractivity contribution in [1.82, 2.24) is 15.1 Å². The molecule has 0 bridgehead atoms. The lowest BCUT2D eigenvalue weighted by Crippen LogP contribution is -2.40. The van der Waals surface area contributed by atoms with Crippen molar-refractivity contribution >= 4 is 11.6 Å². The fraction of sp³-hybridized carbons (Fsp3) is 0.591. The van der Waals surface area contributed by atoms with Crippen molar-refractivity contribution in [2.45, 2.75) is 26.8 Å². The third-order valence-electron chi connectivity index (χ3n) is 5.78. The zero-order valence-corrected chi connectivity index (χ0v) is 17.2. The summed E-state index contributed by atoms with van der Waals surface area (Å²) >= 11 is 0. The number of nitrogens with one attached hydrogen (secondary N) is 1. The van der Waals surface area contributed by atoms with Gasteiger partial charge in [-0.1, -0.05) is 38.1 Å². The van der Waals surface area contributed by atoms with E-state index in [1.54, 1.807) is 0 Å². The summed E-state index contributed by atoms with van der Waals surface area (Å²) in [6.45, 7) is 13.1. The second kappa shape index (κ2) is 9.79. The summed E-state index contributed by atoms with van der Waals surface area (Å²) in [5.74, 6) is 1.78. The standard InChI is InChI=1S/C22H35N5/c1-4-25(5-2)17-20-12-15-27(18-20)22(23-3)24-16-19-8-10-21(11-9-19)26-13-6-7-14-26/h6-11,20H,4-5,12-18H2,1-3H3,(H,23,24). The second-order valence-corrected chi connectivity index (χ2v) is 7.53. The van der Waals surface area contributed by atoms with Crippen molar-refractivity contribution in [3.63, 3.8) is 0 Å². The van der Waals surface area contributed by atoms with E-state index in [-0.39, 0.29) is 0 Å². The molecule has 2 aliphatic heterocycles. The molecule has 148 valence electrons. The molecule has 0 amide bonds. The summed E-state index contributed by atoms with van der Waals surface area (Å²) in [5, 5.41) is 3.55. The normalized spacial score (nSPS) is 20.1. The van der Waals surface area contributed by atoms with Crippen LogP contribution in [-0.2, 0) is 6.54 Å². The molecule has 0 aliphatic carbocycles. The lowest BCUT2D eigenvalue weighted by Gasteiger charge is -2.24. The third-order valence-corrected chi connectivity index (χ3v) is 5.78. The average molecular weight is 370 g/mol. The van der Waals surface area contributed by atoms with Gasteiger partial charge >= 0.3 is 0 Å². The van der Waals surface area contributed by atoms with Gasteiger partial charge in [-0.15, -0.1) is 0 Å². The van der Waals surface area contributed by atoms with E-state index in [4.69, 9.17) is 0 Å². The highest BCUT2D eigenvalue weighted by molar-refractivity contribution is 5.80. The molecular weight excluding hydrogens is 334 g/mol. The highest BCUT2D eigenvalue weighted by Gasteiger charge is 2.25. The summed E-state index contributed by atoms with van der Waals surface area (Å²) in [7, 11) is 1.89. The van der Waals surface area contributed by atoms with Crippen molar-refractivity contribution in [2.75, 3.05) is 57.8 Å². The van der Waals surface area contributed by atoms with Crippen LogP contribution in [-0.4, -0.2) is 68.6 Å². The molecule has 2 aliphatic rings. The van der Waals surface area contributed by atoms with E-state index in [1.807, 2.05) is 7.05 Å². The van der Waals surface area contributed by atoms with Crippen LogP contribution < -0.4 is 10.2 Å². The number of hydrogen-bond acceptors (Lipinski definition) is 3. The van der Waals surface area contributed by atoms with Crippen LogP contribution in [0.2, 0.25) is 0 Å². The first-order valence-electron chi connectivity index (χ1n) is 10.4. The van der Waals surface area contributed by atoms with Crippen LogP contribution in [0.4, 0.5) is 5.69 Å². The number of aliphatic imine (C=N–C) groups is 1. The minimum atomic E-state index is 0.747. The van der Waals surface area contributed by atoms with Crippen LogP contribution in [0.1, 0.15) is 25.8 Å². The quantitative estimate of drug-likeness (QED) is 0.455. The molecule has 1 aromatic rings. The Morgan fingerprint density at radius 2 is 1.85 bits per heavy atom. The molecule has 1 unspecified atom stereocenters. The number of benzene rings is 1. The predicted molar refractivity (Wildman–Crippen MR) is 115 cm³/mol. The Hall–Kier alpha value is -2.01. The maximum atomic E-state index is 4.52. The zero-order valence-electron chi connectivity index (χ0n) is 17.2. The van der Waals surface area contributed by atoms with E-state index in [1.165, 1.54) is 24.2 Å². The van der Waals surface area contributed by atoms with Crippen molar-refractivity contribution in [1.29, 1.82) is 0 Å². The Balaban J connectivity index is 1.48. The Morgan fingerprint density at radius 3 is 2.48 bits per heavy atom. The number of rotatable bonds is 7. The van der Waals surface area contributed by atoms with Crippen LogP contribution in [0.25, 0.3) is 0 Å². The lowest BCUT2D eigenvalue weighted by molar-refractivity contribution is 0.255. The maximum absolute atomic E-state index is 4.52. The van der Waals surface area contributed by atoms with Crippen LogP contribution in [0.5, 0.6) is 0 Å². The highest BCUT2D eigenvalue weighted by Crippen LogP contribution is 2.19. The van der Waals surface area contributed by atoms with Crippen LogP contribution in [0, 0.1) is 5.92 Å². The van der Waals surface area contributed by atoms with Gasteiger partial charge in [-0.25, -0.2) is 0 Å². The van der Waals surface area contributed by atoms with Crippen LogP contribution in [0.3, 0.4) is 0 Å². The molecule has 27 heavy (non-hydrogen) atoms. The van der Waals surface area contributed by atoms with Gasteiger partial charge in [-0.3, -0.25) is 4.99 Å². The van der Waals surface area contributed by atoms with Gasteiger partial charge in [0.2, 0.25) is 0 Å². The molecule has 1 saturated heterocycles. The molecule has 0 radical (unpaired) electrons. The van der Waals surface area contributed by atoms with Gasteiger partial charge in [0.1, 0.15) is 0 Å². The van der Waals surface area contributed by atoms with Gasteiger partial charge in [0.05, 0.1) is 0 Å². The molecule has 1 fully saturated rings. The van der Waals surface area contributed by atoms with Crippen molar-refractivity contribution in [3.05, 3.63) is 42.0 Å². The Morgan fingerprint density at radius 1 is 1.15 bits per heavy atom. The molecule has 1 N–H and O–H groups in total. The van der Waals surface area contributed by atoms with Gasteiger partial charge < -0.3 is 20.0 Å². The predicted octanol–water partition coefficient (Wildman–Crippen LogP) is 2.80. The molecule has 2 heterocycles. The van der Waals surface area contributed by atoms with E-state index in [2.05, 4.69) is 75.3 Å². The second-order valence-electron chi connectivity index (χ2n) is 7.53. The van der Waals surface area contributed by atoms with Crippen LogP contribution in [0.15, 0.2) is 41.4 Å². The number of guanidine groups is 1. The Kier molecular flexibility index (Phi) is 7.16. The molecule has 1 aromatic carbocycles. The molecule has 0 aromatic heterocycles. The largest absolute Gasteiger partial charge is 0.364 e. The van der Waals surface area contributed by atoms with Crippen molar-refractivity contribution in [2.24, 2.45) is 10.9 Å². The SMILES string of the molecule is CCN(CC)CC1CCN(C(=NC)NCc2ccc(N3CC=CC3)cc2)C1. The monoisotopic (exact) mass is 369 g/mol. The summed E-state index contributed by atoms with van der Waals surface area (Å²) in [6, 6.07) is 8.90. The van der Waals surface area contributed by atoms with Gasteiger partial charge in [0.15, 0.2) is 5.96 Å². The fourth-order valence-corrected chi connectivity index (χ4v) is 4.05. The Bertz CT molecular complexity index is 625. The third kappa shape index (κ3) is 5.25. The van der Waals surface area contributed by atoms with E-state index in [9.17, 15) is 0 Å². The number of hydrogen-bond donors (Lipinski definition) is 1. The highest BCUT2D eigenvalue weighted by atomic mass is 15.3. The maximum Gasteiger partial charge on any atom is 0.193 e. The lowest BCUT2D eigenvalue weighted by atomic mass is 10.1. The smallest absolute Gasteiger partial charge is 0.193 e. The first kappa shape index (κ1) is 19.7. The fourth-order valence-electron chi connectivity index (χ4n) is 4.05. The summed E-state index contributed by atoms with van der Waals surface area (Å²) in [5.41, 5.74) is 2.60. The molecule has 1 atom stereocenters. The molecular formula is C22H35N5. The average Bonchev–Trinajstić information content (AvgIpc) is 3.39. The minimum Gasteiger partial charge on any atom is -0.364 e. The van der Waals surface area contributed by atoms with Gasteiger partial charge in [-0.05, 0) is 43.1 Å². The zero-order chi connectivity index (χ0) is 19.1. The van der Waals surface area contributed by atoms with Crippen molar-refractivity contribution < 1.29 is 0 Å². The van der Waals surface area contributed by atoms with Crippen LogP contribution >= 0.6 is 0 Å². The molecule has 0 saturated carbocycles.